The van der Waals surface area contributed by atoms with Crippen LogP contribution in [-0.4, -0.2) is 42.1 Å². The Hall–Kier alpha value is -3.32. The van der Waals surface area contributed by atoms with Gasteiger partial charge in [0, 0.05) is 56.0 Å². The predicted molar refractivity (Wildman–Crippen MR) is 126 cm³/mol. The molecule has 0 bridgehead atoms. The zero-order valence-electron chi connectivity index (χ0n) is 18.7. The van der Waals surface area contributed by atoms with Crippen LogP contribution in [0.25, 0.3) is 11.0 Å². The van der Waals surface area contributed by atoms with E-state index in [1.54, 1.807) is 17.9 Å². The van der Waals surface area contributed by atoms with Crippen LogP contribution >= 0.6 is 0 Å². The number of aliphatic hydroxyl groups is 1. The van der Waals surface area contributed by atoms with Crippen LogP contribution in [0.4, 0.5) is 11.6 Å². The molecular formula is C25H29N3O4. The maximum atomic E-state index is 13.0. The third-order valence-corrected chi connectivity index (χ3v) is 6.05. The van der Waals surface area contributed by atoms with E-state index in [2.05, 4.69) is 5.32 Å². The van der Waals surface area contributed by atoms with Gasteiger partial charge in [-0.25, -0.2) is 0 Å². The monoisotopic (exact) mass is 435 g/mol. The van der Waals surface area contributed by atoms with Gasteiger partial charge in [0.05, 0.1) is 18.0 Å². The smallest absolute Gasteiger partial charge is 0.219 e. The number of rotatable bonds is 5. The summed E-state index contributed by atoms with van der Waals surface area (Å²) in [6.45, 7) is 7.94. The third-order valence-electron chi connectivity index (χ3n) is 6.05. The first-order valence-corrected chi connectivity index (χ1v) is 10.9. The van der Waals surface area contributed by atoms with E-state index in [4.69, 9.17) is 4.42 Å². The standard InChI is InChI=1S/C25H29N3O4/c1-16-12-20(17(2)26-22-7-5-4-6-19(22)15-29)25-21(13-16)23(31)14-24(32-25)28-10-8-27(9-11-28)18(3)30/h4-7,12-14,17,26,29H,8-11,15H2,1-3H3. The summed E-state index contributed by atoms with van der Waals surface area (Å²) in [6, 6.07) is 12.9. The molecule has 0 aliphatic carbocycles. The molecule has 2 heterocycles. The highest BCUT2D eigenvalue weighted by molar-refractivity contribution is 5.83. The number of hydrogen-bond donors (Lipinski definition) is 2. The minimum absolute atomic E-state index is 0.0596. The van der Waals surface area contributed by atoms with Gasteiger partial charge in [0.2, 0.25) is 5.91 Å². The molecule has 1 atom stereocenters. The van der Waals surface area contributed by atoms with Crippen LogP contribution < -0.4 is 15.6 Å². The molecule has 7 heteroatoms. The predicted octanol–water partition coefficient (Wildman–Crippen LogP) is 3.44. The fraction of sp³-hybridized carbons (Fsp3) is 0.360. The summed E-state index contributed by atoms with van der Waals surface area (Å²) >= 11 is 0. The molecule has 3 aromatic rings. The first kappa shape index (κ1) is 21.9. The molecule has 32 heavy (non-hydrogen) atoms. The fourth-order valence-electron chi connectivity index (χ4n) is 4.25. The van der Waals surface area contributed by atoms with Gasteiger partial charge in [0.25, 0.3) is 0 Å². The zero-order chi connectivity index (χ0) is 22.8. The number of amides is 1. The summed E-state index contributed by atoms with van der Waals surface area (Å²) in [5, 5.41) is 13.7. The van der Waals surface area contributed by atoms with Crippen LogP contribution in [0.1, 0.15) is 36.6 Å². The van der Waals surface area contributed by atoms with Gasteiger partial charge in [-0.15, -0.1) is 0 Å². The second kappa shape index (κ2) is 9.04. The Morgan fingerprint density at radius 2 is 1.88 bits per heavy atom. The highest BCUT2D eigenvalue weighted by Gasteiger charge is 2.22. The number of hydrogen-bond acceptors (Lipinski definition) is 6. The van der Waals surface area contributed by atoms with Gasteiger partial charge in [0.1, 0.15) is 5.58 Å². The van der Waals surface area contributed by atoms with Crippen LogP contribution in [0.5, 0.6) is 0 Å². The van der Waals surface area contributed by atoms with Crippen molar-refractivity contribution in [2.75, 3.05) is 36.4 Å². The number of fused-ring (bicyclic) bond motifs is 1. The third kappa shape index (κ3) is 4.34. The number of benzene rings is 2. The average molecular weight is 436 g/mol. The number of aliphatic hydroxyl groups excluding tert-OH is 1. The first-order valence-electron chi connectivity index (χ1n) is 10.9. The molecule has 1 aliphatic heterocycles. The number of carbonyl (C=O) groups excluding carboxylic acids is 1. The van der Waals surface area contributed by atoms with Gasteiger partial charge < -0.3 is 24.6 Å². The molecule has 1 saturated heterocycles. The number of carbonyl (C=O) groups is 1. The van der Waals surface area contributed by atoms with Crippen LogP contribution in [0.3, 0.4) is 0 Å². The van der Waals surface area contributed by atoms with E-state index in [0.717, 1.165) is 22.4 Å². The Kier molecular flexibility index (Phi) is 6.19. The number of aryl methyl sites for hydroxylation is 1. The van der Waals surface area contributed by atoms with E-state index in [0.29, 0.717) is 43.0 Å². The molecule has 7 nitrogen and oxygen atoms in total. The Morgan fingerprint density at radius 1 is 1.16 bits per heavy atom. The van der Waals surface area contributed by atoms with E-state index in [9.17, 15) is 14.7 Å². The Balaban J connectivity index is 1.71. The number of nitrogens with one attached hydrogen (secondary N) is 1. The summed E-state index contributed by atoms with van der Waals surface area (Å²) in [6.07, 6.45) is 0. The summed E-state index contributed by atoms with van der Waals surface area (Å²) in [4.78, 5) is 28.4. The van der Waals surface area contributed by atoms with Crippen LogP contribution in [0, 0.1) is 6.92 Å². The fourth-order valence-corrected chi connectivity index (χ4v) is 4.25. The summed E-state index contributed by atoms with van der Waals surface area (Å²) in [5.74, 6) is 0.587. The maximum Gasteiger partial charge on any atom is 0.219 e. The van der Waals surface area contributed by atoms with E-state index in [1.165, 1.54) is 0 Å². The molecule has 0 radical (unpaired) electrons. The van der Waals surface area contributed by atoms with Crippen molar-refractivity contribution in [2.45, 2.75) is 33.4 Å². The van der Waals surface area contributed by atoms with Crippen molar-refractivity contribution < 1.29 is 14.3 Å². The van der Waals surface area contributed by atoms with Crippen molar-refractivity contribution >= 4 is 28.4 Å². The van der Waals surface area contributed by atoms with E-state index in [-0.39, 0.29) is 24.0 Å². The lowest BCUT2D eigenvalue weighted by Crippen LogP contribution is -2.48. The number of anilines is 2. The molecule has 2 N–H and O–H groups in total. The zero-order valence-corrected chi connectivity index (χ0v) is 18.7. The van der Waals surface area contributed by atoms with E-state index < -0.39 is 0 Å². The van der Waals surface area contributed by atoms with Crippen molar-refractivity contribution in [1.82, 2.24) is 4.90 Å². The largest absolute Gasteiger partial charge is 0.440 e. The lowest BCUT2D eigenvalue weighted by Gasteiger charge is -2.34. The van der Waals surface area contributed by atoms with Crippen molar-refractivity contribution in [2.24, 2.45) is 0 Å². The Morgan fingerprint density at radius 3 is 2.56 bits per heavy atom. The van der Waals surface area contributed by atoms with Gasteiger partial charge in [-0.2, -0.15) is 0 Å². The molecule has 1 aliphatic rings. The SMILES string of the molecule is CC(=O)N1CCN(c2cc(=O)c3cc(C)cc(C(C)Nc4ccccc4CO)c3o2)CC1. The topological polar surface area (TPSA) is 86.0 Å². The van der Waals surface area contributed by atoms with E-state index in [1.807, 2.05) is 55.1 Å². The maximum absolute atomic E-state index is 13.0. The van der Waals surface area contributed by atoms with Gasteiger partial charge in [-0.05, 0) is 31.5 Å². The molecule has 0 spiro atoms. The molecule has 168 valence electrons. The summed E-state index contributed by atoms with van der Waals surface area (Å²) in [5.41, 5.74) is 4.00. The lowest BCUT2D eigenvalue weighted by atomic mass is 10.0. The summed E-state index contributed by atoms with van der Waals surface area (Å²) < 4.78 is 6.31. The number of para-hydroxylation sites is 1. The van der Waals surface area contributed by atoms with Crippen LogP contribution in [0.15, 0.2) is 51.7 Å². The molecular weight excluding hydrogens is 406 g/mol. The van der Waals surface area contributed by atoms with Gasteiger partial charge >= 0.3 is 0 Å². The minimum atomic E-state index is -0.155. The molecule has 1 fully saturated rings. The molecule has 1 amide bonds. The van der Waals surface area contributed by atoms with Crippen LogP contribution in [-0.2, 0) is 11.4 Å². The first-order chi connectivity index (χ1) is 15.4. The molecule has 1 aromatic heterocycles. The summed E-state index contributed by atoms with van der Waals surface area (Å²) in [7, 11) is 0. The second-order valence-electron chi connectivity index (χ2n) is 8.35. The number of nitrogens with zero attached hydrogens (tertiary/aromatic N) is 2. The van der Waals surface area contributed by atoms with Gasteiger partial charge in [0.15, 0.2) is 11.3 Å². The molecule has 4 rings (SSSR count). The van der Waals surface area contributed by atoms with Crippen molar-refractivity contribution in [3.05, 3.63) is 69.4 Å². The van der Waals surface area contributed by atoms with Gasteiger partial charge in [-0.3, -0.25) is 9.59 Å². The van der Waals surface area contributed by atoms with Crippen molar-refractivity contribution in [3.8, 4) is 0 Å². The van der Waals surface area contributed by atoms with Gasteiger partial charge in [-0.1, -0.05) is 24.3 Å². The Bertz CT molecular complexity index is 1200. The number of piperazine rings is 1. The van der Waals surface area contributed by atoms with E-state index >= 15 is 0 Å². The highest BCUT2D eigenvalue weighted by Crippen LogP contribution is 2.31. The molecule has 1 unspecified atom stereocenters. The Labute approximate surface area is 187 Å². The average Bonchev–Trinajstić information content (AvgIpc) is 2.79. The quantitative estimate of drug-likeness (QED) is 0.639. The minimum Gasteiger partial charge on any atom is -0.440 e. The second-order valence-corrected chi connectivity index (χ2v) is 8.35. The molecule has 2 aromatic carbocycles. The highest BCUT2D eigenvalue weighted by atomic mass is 16.4. The normalized spacial score (nSPS) is 15.1. The van der Waals surface area contributed by atoms with Crippen molar-refractivity contribution in [3.63, 3.8) is 0 Å². The van der Waals surface area contributed by atoms with Crippen LogP contribution in [0.2, 0.25) is 0 Å². The molecule has 0 saturated carbocycles. The lowest BCUT2D eigenvalue weighted by molar-refractivity contribution is -0.129. The van der Waals surface area contributed by atoms with Crippen molar-refractivity contribution in [1.29, 1.82) is 0 Å².